The van der Waals surface area contributed by atoms with E-state index in [4.69, 9.17) is 10.5 Å². The van der Waals surface area contributed by atoms with E-state index in [0.29, 0.717) is 6.61 Å². The maximum atomic E-state index is 6.24. The topological polar surface area (TPSA) is 38.5 Å². The van der Waals surface area contributed by atoms with Crippen molar-refractivity contribution in [3.8, 4) is 0 Å². The molecule has 0 spiro atoms. The molecule has 1 saturated heterocycles. The highest BCUT2D eigenvalue weighted by Gasteiger charge is 2.34. The Labute approximate surface area is 87.6 Å². The standard InChI is InChI=1S/C11H24N2O/c1-5-10(2,3)13(4)8-11(12)6-7-14-9-11/h5-9,12H2,1-4H3. The molecule has 3 heteroatoms. The Morgan fingerprint density at radius 2 is 2.14 bits per heavy atom. The average Bonchev–Trinajstić information content (AvgIpc) is 2.52. The summed E-state index contributed by atoms with van der Waals surface area (Å²) >= 11 is 0. The van der Waals surface area contributed by atoms with Crippen molar-refractivity contribution < 1.29 is 4.74 Å². The van der Waals surface area contributed by atoms with Gasteiger partial charge >= 0.3 is 0 Å². The van der Waals surface area contributed by atoms with Gasteiger partial charge in [-0.2, -0.15) is 0 Å². The smallest absolute Gasteiger partial charge is 0.0659 e. The fourth-order valence-corrected chi connectivity index (χ4v) is 1.70. The van der Waals surface area contributed by atoms with Crippen molar-refractivity contribution in [2.45, 2.75) is 44.7 Å². The van der Waals surface area contributed by atoms with E-state index >= 15 is 0 Å². The summed E-state index contributed by atoms with van der Waals surface area (Å²) in [5, 5.41) is 0. The molecule has 1 heterocycles. The summed E-state index contributed by atoms with van der Waals surface area (Å²) in [5.41, 5.74) is 6.35. The summed E-state index contributed by atoms with van der Waals surface area (Å²) < 4.78 is 5.36. The Kier molecular flexibility index (Phi) is 3.56. The van der Waals surface area contributed by atoms with Gasteiger partial charge < -0.3 is 10.5 Å². The van der Waals surface area contributed by atoms with Crippen LogP contribution in [-0.2, 0) is 4.74 Å². The van der Waals surface area contributed by atoms with Crippen LogP contribution < -0.4 is 5.73 Å². The van der Waals surface area contributed by atoms with Crippen molar-refractivity contribution in [3.63, 3.8) is 0 Å². The first-order valence-corrected chi connectivity index (χ1v) is 5.47. The molecular weight excluding hydrogens is 176 g/mol. The maximum absolute atomic E-state index is 6.24. The Morgan fingerprint density at radius 1 is 1.50 bits per heavy atom. The van der Waals surface area contributed by atoms with Crippen LogP contribution in [0.3, 0.4) is 0 Å². The molecule has 0 amide bonds. The average molecular weight is 200 g/mol. The molecule has 2 N–H and O–H groups in total. The molecule has 1 unspecified atom stereocenters. The van der Waals surface area contributed by atoms with Gasteiger partial charge in [-0.05, 0) is 33.7 Å². The second kappa shape index (κ2) is 4.17. The van der Waals surface area contributed by atoms with Crippen molar-refractivity contribution in [1.82, 2.24) is 4.90 Å². The third-order valence-electron chi connectivity index (χ3n) is 3.58. The van der Waals surface area contributed by atoms with E-state index in [0.717, 1.165) is 26.0 Å². The molecule has 84 valence electrons. The molecule has 0 radical (unpaired) electrons. The lowest BCUT2D eigenvalue weighted by Crippen LogP contribution is -2.54. The third-order valence-corrected chi connectivity index (χ3v) is 3.58. The minimum atomic E-state index is -0.124. The highest BCUT2D eigenvalue weighted by Crippen LogP contribution is 2.22. The largest absolute Gasteiger partial charge is 0.379 e. The first kappa shape index (κ1) is 12.0. The van der Waals surface area contributed by atoms with Gasteiger partial charge in [-0.1, -0.05) is 6.92 Å². The van der Waals surface area contributed by atoms with Gasteiger partial charge in [0.15, 0.2) is 0 Å². The normalized spacial score (nSPS) is 28.7. The molecule has 0 saturated carbocycles. The van der Waals surface area contributed by atoms with Gasteiger partial charge in [-0.25, -0.2) is 0 Å². The van der Waals surface area contributed by atoms with E-state index in [9.17, 15) is 0 Å². The van der Waals surface area contributed by atoms with Crippen LogP contribution in [-0.4, -0.2) is 42.8 Å². The first-order chi connectivity index (χ1) is 6.40. The lowest BCUT2D eigenvalue weighted by Gasteiger charge is -2.39. The summed E-state index contributed by atoms with van der Waals surface area (Å²) in [4.78, 5) is 2.35. The van der Waals surface area contributed by atoms with Crippen LogP contribution >= 0.6 is 0 Å². The lowest BCUT2D eigenvalue weighted by molar-refractivity contribution is 0.104. The van der Waals surface area contributed by atoms with Crippen molar-refractivity contribution in [3.05, 3.63) is 0 Å². The molecule has 1 aliphatic rings. The van der Waals surface area contributed by atoms with Crippen LogP contribution in [0, 0.1) is 0 Å². The van der Waals surface area contributed by atoms with Crippen LogP contribution in [0.15, 0.2) is 0 Å². The van der Waals surface area contributed by atoms with Crippen LogP contribution in [0.2, 0.25) is 0 Å². The molecule has 1 fully saturated rings. The number of hydrogen-bond acceptors (Lipinski definition) is 3. The van der Waals surface area contributed by atoms with E-state index in [1.807, 2.05) is 0 Å². The Bertz CT molecular complexity index is 186. The molecule has 0 aliphatic carbocycles. The zero-order valence-corrected chi connectivity index (χ0v) is 9.97. The quantitative estimate of drug-likeness (QED) is 0.741. The van der Waals surface area contributed by atoms with Gasteiger partial charge in [0.25, 0.3) is 0 Å². The minimum absolute atomic E-state index is 0.124. The van der Waals surface area contributed by atoms with Crippen LogP contribution in [0.1, 0.15) is 33.6 Å². The number of ether oxygens (including phenoxy) is 1. The van der Waals surface area contributed by atoms with Gasteiger partial charge in [0.2, 0.25) is 0 Å². The summed E-state index contributed by atoms with van der Waals surface area (Å²) in [5.74, 6) is 0. The number of hydrogen-bond donors (Lipinski definition) is 1. The van der Waals surface area contributed by atoms with E-state index in [1.165, 1.54) is 0 Å². The van der Waals surface area contributed by atoms with Crippen LogP contribution in [0.5, 0.6) is 0 Å². The number of likely N-dealkylation sites (N-methyl/N-ethyl adjacent to an activating group) is 1. The third kappa shape index (κ3) is 2.69. The molecule has 1 rings (SSSR count). The predicted octanol–water partition coefficient (Wildman–Crippen LogP) is 1.22. The summed E-state index contributed by atoms with van der Waals surface area (Å²) in [6, 6.07) is 0. The summed E-state index contributed by atoms with van der Waals surface area (Å²) in [7, 11) is 2.15. The van der Waals surface area contributed by atoms with Crippen molar-refractivity contribution in [1.29, 1.82) is 0 Å². The maximum Gasteiger partial charge on any atom is 0.0659 e. The van der Waals surface area contributed by atoms with Gasteiger partial charge in [0, 0.05) is 18.7 Å². The predicted molar refractivity (Wildman–Crippen MR) is 59.4 cm³/mol. The monoisotopic (exact) mass is 200 g/mol. The number of nitrogens with zero attached hydrogens (tertiary/aromatic N) is 1. The van der Waals surface area contributed by atoms with Gasteiger partial charge in [0.05, 0.1) is 12.1 Å². The van der Waals surface area contributed by atoms with E-state index in [2.05, 4.69) is 32.7 Å². The first-order valence-electron chi connectivity index (χ1n) is 5.47. The van der Waals surface area contributed by atoms with Gasteiger partial charge in [-0.3, -0.25) is 4.90 Å². The molecule has 0 aromatic carbocycles. The Balaban J connectivity index is 2.51. The molecule has 0 aromatic heterocycles. The minimum Gasteiger partial charge on any atom is -0.379 e. The van der Waals surface area contributed by atoms with E-state index < -0.39 is 0 Å². The second-order valence-corrected chi connectivity index (χ2v) is 5.19. The van der Waals surface area contributed by atoms with Gasteiger partial charge in [0.1, 0.15) is 0 Å². The Hall–Kier alpha value is -0.120. The number of nitrogens with two attached hydrogens (primary N) is 1. The van der Waals surface area contributed by atoms with Crippen molar-refractivity contribution >= 4 is 0 Å². The SMILES string of the molecule is CCC(C)(C)N(C)CC1(N)CCOC1. The highest BCUT2D eigenvalue weighted by atomic mass is 16.5. The molecule has 0 bridgehead atoms. The fraction of sp³-hybridized carbons (Fsp3) is 1.00. The van der Waals surface area contributed by atoms with Crippen molar-refractivity contribution in [2.24, 2.45) is 5.73 Å². The Morgan fingerprint density at radius 3 is 2.57 bits per heavy atom. The summed E-state index contributed by atoms with van der Waals surface area (Å²) in [6.07, 6.45) is 2.12. The molecule has 14 heavy (non-hydrogen) atoms. The molecule has 1 aliphatic heterocycles. The highest BCUT2D eigenvalue weighted by molar-refractivity contribution is 4.93. The van der Waals surface area contributed by atoms with E-state index in [1.54, 1.807) is 0 Å². The molecule has 0 aromatic rings. The summed E-state index contributed by atoms with van der Waals surface area (Å²) in [6.45, 7) is 9.17. The van der Waals surface area contributed by atoms with Crippen LogP contribution in [0.4, 0.5) is 0 Å². The zero-order valence-electron chi connectivity index (χ0n) is 9.97. The van der Waals surface area contributed by atoms with Crippen LogP contribution in [0.25, 0.3) is 0 Å². The molecule has 3 nitrogen and oxygen atoms in total. The van der Waals surface area contributed by atoms with E-state index in [-0.39, 0.29) is 11.1 Å². The lowest BCUT2D eigenvalue weighted by atomic mass is 9.94. The fourth-order valence-electron chi connectivity index (χ4n) is 1.70. The number of rotatable bonds is 4. The van der Waals surface area contributed by atoms with Crippen molar-refractivity contribution in [2.75, 3.05) is 26.8 Å². The zero-order chi connectivity index (χ0) is 10.8. The molecule has 1 atom stereocenters. The van der Waals surface area contributed by atoms with Gasteiger partial charge in [-0.15, -0.1) is 0 Å². The second-order valence-electron chi connectivity index (χ2n) is 5.19. The molecular formula is C11H24N2O.